The Morgan fingerprint density at radius 1 is 1.32 bits per heavy atom. The van der Waals surface area contributed by atoms with Crippen molar-refractivity contribution < 1.29 is 4.79 Å². The summed E-state index contributed by atoms with van der Waals surface area (Å²) in [5.74, 6) is -0.00771. The predicted octanol–water partition coefficient (Wildman–Crippen LogP) is 3.44. The van der Waals surface area contributed by atoms with Gasteiger partial charge in [-0.25, -0.2) is 0 Å². The minimum atomic E-state index is -0.00771. The second-order valence-corrected chi connectivity index (χ2v) is 6.59. The van der Waals surface area contributed by atoms with Crippen molar-refractivity contribution in [1.82, 2.24) is 19.7 Å². The van der Waals surface area contributed by atoms with Gasteiger partial charge in [0.05, 0.1) is 29.5 Å². The van der Waals surface area contributed by atoms with E-state index in [4.69, 9.17) is 11.6 Å². The van der Waals surface area contributed by atoms with Crippen molar-refractivity contribution in [2.75, 3.05) is 6.54 Å². The maximum Gasteiger partial charge on any atom is 0.270 e. The Morgan fingerprint density at radius 2 is 2.18 bits per heavy atom. The van der Waals surface area contributed by atoms with E-state index in [1.807, 2.05) is 33.8 Å². The SMILES string of the molecule is O=C(c1cc2cc(Cl)ccc2[nH]1)N1CCn2ncc(Br)c2C1. The van der Waals surface area contributed by atoms with Gasteiger partial charge in [0.1, 0.15) is 5.69 Å². The molecule has 7 heteroatoms. The third-order valence-electron chi connectivity index (χ3n) is 3.92. The summed E-state index contributed by atoms with van der Waals surface area (Å²) in [6.45, 7) is 1.91. The van der Waals surface area contributed by atoms with Crippen molar-refractivity contribution in [3.05, 3.63) is 51.3 Å². The number of fused-ring (bicyclic) bond motifs is 2. The van der Waals surface area contributed by atoms with Crippen LogP contribution in [0.2, 0.25) is 5.02 Å². The molecule has 0 unspecified atom stereocenters. The Kier molecular flexibility index (Phi) is 3.23. The average Bonchev–Trinajstić information content (AvgIpc) is 3.10. The van der Waals surface area contributed by atoms with E-state index in [2.05, 4.69) is 26.0 Å². The third kappa shape index (κ3) is 2.23. The van der Waals surface area contributed by atoms with Gasteiger partial charge in [-0.1, -0.05) is 11.6 Å². The summed E-state index contributed by atoms with van der Waals surface area (Å²) >= 11 is 9.47. The number of halogens is 2. The quantitative estimate of drug-likeness (QED) is 0.704. The number of H-pyrrole nitrogens is 1. The van der Waals surface area contributed by atoms with E-state index in [9.17, 15) is 4.79 Å². The van der Waals surface area contributed by atoms with Crippen LogP contribution in [-0.4, -0.2) is 32.1 Å². The van der Waals surface area contributed by atoms with Crippen LogP contribution in [-0.2, 0) is 13.1 Å². The molecule has 0 fully saturated rings. The van der Waals surface area contributed by atoms with Crippen molar-refractivity contribution in [2.24, 2.45) is 0 Å². The van der Waals surface area contributed by atoms with E-state index in [0.29, 0.717) is 30.4 Å². The molecule has 1 N–H and O–H groups in total. The Hall–Kier alpha value is -1.79. The minimum absolute atomic E-state index is 0.00771. The van der Waals surface area contributed by atoms with Gasteiger partial charge in [0, 0.05) is 22.5 Å². The molecule has 0 radical (unpaired) electrons. The number of amides is 1. The number of hydrogen-bond acceptors (Lipinski definition) is 2. The second kappa shape index (κ2) is 5.14. The van der Waals surface area contributed by atoms with Gasteiger partial charge in [0.2, 0.25) is 0 Å². The fourth-order valence-electron chi connectivity index (χ4n) is 2.78. The first-order valence-electron chi connectivity index (χ1n) is 6.89. The normalized spacial score (nSPS) is 14.4. The van der Waals surface area contributed by atoms with Crippen LogP contribution in [0.4, 0.5) is 0 Å². The fourth-order valence-corrected chi connectivity index (χ4v) is 3.38. The number of rotatable bonds is 1. The lowest BCUT2D eigenvalue weighted by molar-refractivity contribution is 0.0700. The van der Waals surface area contributed by atoms with E-state index >= 15 is 0 Å². The first kappa shape index (κ1) is 13.8. The molecule has 0 atom stereocenters. The van der Waals surface area contributed by atoms with Crippen molar-refractivity contribution in [3.8, 4) is 0 Å². The van der Waals surface area contributed by atoms with Crippen LogP contribution < -0.4 is 0 Å². The fraction of sp³-hybridized carbons (Fsp3) is 0.200. The van der Waals surface area contributed by atoms with Crippen LogP contribution in [0.25, 0.3) is 10.9 Å². The molecule has 0 bridgehead atoms. The molecule has 1 aliphatic rings. The topological polar surface area (TPSA) is 53.9 Å². The zero-order valence-electron chi connectivity index (χ0n) is 11.5. The molecule has 0 saturated heterocycles. The van der Waals surface area contributed by atoms with E-state index < -0.39 is 0 Å². The summed E-state index contributed by atoms with van der Waals surface area (Å²) in [7, 11) is 0. The highest BCUT2D eigenvalue weighted by atomic mass is 79.9. The van der Waals surface area contributed by atoms with Gasteiger partial charge in [-0.05, 0) is 40.2 Å². The highest BCUT2D eigenvalue weighted by molar-refractivity contribution is 9.10. The Morgan fingerprint density at radius 3 is 3.05 bits per heavy atom. The van der Waals surface area contributed by atoms with Crippen LogP contribution >= 0.6 is 27.5 Å². The number of nitrogens with zero attached hydrogens (tertiary/aromatic N) is 3. The number of aromatic amines is 1. The van der Waals surface area contributed by atoms with Gasteiger partial charge in [-0.3, -0.25) is 9.48 Å². The maximum atomic E-state index is 12.7. The van der Waals surface area contributed by atoms with Gasteiger partial charge >= 0.3 is 0 Å². The molecule has 1 aliphatic heterocycles. The average molecular weight is 380 g/mol. The molecule has 3 heterocycles. The molecule has 0 spiro atoms. The zero-order valence-corrected chi connectivity index (χ0v) is 13.9. The number of aromatic nitrogens is 3. The molecular weight excluding hydrogens is 368 g/mol. The number of benzene rings is 1. The van der Waals surface area contributed by atoms with Gasteiger partial charge < -0.3 is 9.88 Å². The summed E-state index contributed by atoms with van der Waals surface area (Å²) in [5.41, 5.74) is 2.52. The van der Waals surface area contributed by atoms with Gasteiger partial charge in [0.15, 0.2) is 0 Å². The predicted molar refractivity (Wildman–Crippen MR) is 88.0 cm³/mol. The Bertz CT molecular complexity index is 885. The lowest BCUT2D eigenvalue weighted by Crippen LogP contribution is -2.38. The lowest BCUT2D eigenvalue weighted by Gasteiger charge is -2.27. The van der Waals surface area contributed by atoms with Gasteiger partial charge in [0.25, 0.3) is 5.91 Å². The Labute approximate surface area is 140 Å². The van der Waals surface area contributed by atoms with Crippen LogP contribution in [0, 0.1) is 0 Å². The van der Waals surface area contributed by atoms with E-state index in [1.54, 1.807) is 6.20 Å². The largest absolute Gasteiger partial charge is 0.351 e. The molecule has 1 amide bonds. The highest BCUT2D eigenvalue weighted by Crippen LogP contribution is 2.24. The molecule has 0 saturated carbocycles. The minimum Gasteiger partial charge on any atom is -0.351 e. The maximum absolute atomic E-state index is 12.7. The molecule has 4 rings (SSSR count). The number of carbonyl (C=O) groups excluding carboxylic acids is 1. The zero-order chi connectivity index (χ0) is 15.3. The monoisotopic (exact) mass is 378 g/mol. The van der Waals surface area contributed by atoms with Crippen molar-refractivity contribution in [3.63, 3.8) is 0 Å². The summed E-state index contributed by atoms with van der Waals surface area (Å²) in [6, 6.07) is 7.40. The molecular formula is C15H12BrClN4O. The number of hydrogen-bond donors (Lipinski definition) is 1. The summed E-state index contributed by atoms with van der Waals surface area (Å²) in [6.07, 6.45) is 1.77. The lowest BCUT2D eigenvalue weighted by atomic mass is 10.2. The third-order valence-corrected chi connectivity index (χ3v) is 4.82. The van der Waals surface area contributed by atoms with E-state index in [-0.39, 0.29) is 5.91 Å². The standard InChI is InChI=1S/C15H12BrClN4O/c16-11-7-18-21-4-3-20(8-14(11)21)15(22)13-6-9-5-10(17)1-2-12(9)19-13/h1-2,5-7,19H,3-4,8H2. The van der Waals surface area contributed by atoms with Gasteiger partial charge in [-0.15, -0.1) is 0 Å². The van der Waals surface area contributed by atoms with E-state index in [1.165, 1.54) is 0 Å². The molecule has 1 aromatic carbocycles. The van der Waals surface area contributed by atoms with Crippen LogP contribution in [0.1, 0.15) is 16.2 Å². The molecule has 5 nitrogen and oxygen atoms in total. The first-order chi connectivity index (χ1) is 10.6. The molecule has 3 aromatic rings. The van der Waals surface area contributed by atoms with Crippen molar-refractivity contribution in [1.29, 1.82) is 0 Å². The summed E-state index contributed by atoms with van der Waals surface area (Å²) in [5, 5.41) is 5.88. The summed E-state index contributed by atoms with van der Waals surface area (Å²) < 4.78 is 2.87. The molecule has 2 aromatic heterocycles. The second-order valence-electron chi connectivity index (χ2n) is 5.30. The first-order valence-corrected chi connectivity index (χ1v) is 8.06. The Balaban J connectivity index is 1.65. The number of carbonyl (C=O) groups is 1. The summed E-state index contributed by atoms with van der Waals surface area (Å²) in [4.78, 5) is 17.7. The molecule has 0 aliphatic carbocycles. The van der Waals surface area contributed by atoms with Crippen LogP contribution in [0.5, 0.6) is 0 Å². The van der Waals surface area contributed by atoms with Crippen molar-refractivity contribution in [2.45, 2.75) is 13.1 Å². The van der Waals surface area contributed by atoms with E-state index in [0.717, 1.165) is 21.1 Å². The molecule has 112 valence electrons. The highest BCUT2D eigenvalue weighted by Gasteiger charge is 2.25. The number of nitrogens with one attached hydrogen (secondary N) is 1. The van der Waals surface area contributed by atoms with Crippen molar-refractivity contribution >= 4 is 44.3 Å². The van der Waals surface area contributed by atoms with Crippen LogP contribution in [0.3, 0.4) is 0 Å². The van der Waals surface area contributed by atoms with Gasteiger partial charge in [-0.2, -0.15) is 5.10 Å². The molecule has 22 heavy (non-hydrogen) atoms. The van der Waals surface area contributed by atoms with Crippen LogP contribution in [0.15, 0.2) is 34.9 Å². The smallest absolute Gasteiger partial charge is 0.270 e.